The average molecular weight is 259 g/mol. The maximum absolute atomic E-state index is 13.5. The molecule has 1 fully saturated rings. The highest BCUT2D eigenvalue weighted by Gasteiger charge is 2.19. The van der Waals surface area contributed by atoms with Gasteiger partial charge in [0.1, 0.15) is 10.4 Å². The highest BCUT2D eigenvalue weighted by molar-refractivity contribution is 9.10. The first-order valence-electron chi connectivity index (χ1n) is 4.80. The largest absolute Gasteiger partial charge is 0.317 e. The Kier molecular flexibility index (Phi) is 3.13. The van der Waals surface area contributed by atoms with Gasteiger partial charge in [-0.2, -0.15) is 0 Å². The quantitative estimate of drug-likeness (QED) is 0.783. The second-order valence-electron chi connectivity index (χ2n) is 3.53. The maximum Gasteiger partial charge on any atom is 0.145 e. The van der Waals surface area contributed by atoms with Crippen LogP contribution in [-0.4, -0.2) is 18.1 Å². The molecule has 1 aliphatic rings. The van der Waals surface area contributed by atoms with E-state index in [1.807, 2.05) is 0 Å². The summed E-state index contributed by atoms with van der Waals surface area (Å²) in [5.74, 6) is 0.0915. The van der Waals surface area contributed by atoms with Crippen LogP contribution in [-0.2, 0) is 0 Å². The first-order chi connectivity index (χ1) is 6.77. The molecule has 2 rings (SSSR count). The van der Waals surface area contributed by atoms with E-state index in [1.54, 1.807) is 6.07 Å². The first kappa shape index (κ1) is 10.1. The SMILES string of the molecule is Fc1ccc(Br)nc1C1CCNCC1. The summed E-state index contributed by atoms with van der Waals surface area (Å²) in [6, 6.07) is 3.12. The molecule has 0 saturated carbocycles. The zero-order valence-electron chi connectivity index (χ0n) is 7.76. The van der Waals surface area contributed by atoms with E-state index in [-0.39, 0.29) is 11.7 Å². The molecule has 76 valence electrons. The fourth-order valence-corrected chi connectivity index (χ4v) is 2.14. The summed E-state index contributed by atoms with van der Waals surface area (Å²) in [6.45, 7) is 1.91. The van der Waals surface area contributed by atoms with Crippen molar-refractivity contribution in [1.29, 1.82) is 0 Å². The number of rotatable bonds is 1. The molecular weight excluding hydrogens is 247 g/mol. The minimum absolute atomic E-state index is 0.180. The number of nitrogens with zero attached hydrogens (tertiary/aromatic N) is 1. The zero-order valence-corrected chi connectivity index (χ0v) is 9.35. The smallest absolute Gasteiger partial charge is 0.145 e. The van der Waals surface area contributed by atoms with Gasteiger partial charge in [-0.3, -0.25) is 0 Å². The average Bonchev–Trinajstić information content (AvgIpc) is 2.23. The molecular formula is C10H12BrFN2. The predicted octanol–water partition coefficient (Wildman–Crippen LogP) is 2.45. The maximum atomic E-state index is 13.5. The molecule has 0 spiro atoms. The van der Waals surface area contributed by atoms with Crippen molar-refractivity contribution in [2.24, 2.45) is 0 Å². The van der Waals surface area contributed by atoms with Gasteiger partial charge in [0.15, 0.2) is 0 Å². The van der Waals surface area contributed by atoms with Crippen molar-refractivity contribution < 1.29 is 4.39 Å². The van der Waals surface area contributed by atoms with E-state index in [0.29, 0.717) is 10.3 Å². The van der Waals surface area contributed by atoms with Gasteiger partial charge in [0.05, 0.1) is 5.69 Å². The van der Waals surface area contributed by atoms with Crippen molar-refractivity contribution in [3.63, 3.8) is 0 Å². The molecule has 1 N–H and O–H groups in total. The van der Waals surface area contributed by atoms with Crippen LogP contribution in [0, 0.1) is 5.82 Å². The van der Waals surface area contributed by atoms with Gasteiger partial charge in [0.25, 0.3) is 0 Å². The van der Waals surface area contributed by atoms with E-state index in [0.717, 1.165) is 25.9 Å². The Balaban J connectivity index is 2.24. The minimum atomic E-state index is -0.180. The van der Waals surface area contributed by atoms with E-state index in [1.165, 1.54) is 6.07 Å². The molecule has 4 heteroatoms. The van der Waals surface area contributed by atoms with Gasteiger partial charge in [0, 0.05) is 5.92 Å². The second-order valence-corrected chi connectivity index (χ2v) is 4.34. The Hall–Kier alpha value is -0.480. The third-order valence-electron chi connectivity index (χ3n) is 2.56. The van der Waals surface area contributed by atoms with Crippen LogP contribution in [0.3, 0.4) is 0 Å². The van der Waals surface area contributed by atoms with Crippen molar-refractivity contribution in [3.05, 3.63) is 28.2 Å². The molecule has 1 aromatic heterocycles. The van der Waals surface area contributed by atoms with Crippen molar-refractivity contribution >= 4 is 15.9 Å². The molecule has 0 radical (unpaired) electrons. The number of pyridine rings is 1. The molecule has 2 nitrogen and oxygen atoms in total. The first-order valence-corrected chi connectivity index (χ1v) is 5.59. The number of hydrogen-bond acceptors (Lipinski definition) is 2. The van der Waals surface area contributed by atoms with Crippen molar-refractivity contribution in [3.8, 4) is 0 Å². The second kappa shape index (κ2) is 4.36. The summed E-state index contributed by atoms with van der Waals surface area (Å²) >= 11 is 3.27. The topological polar surface area (TPSA) is 24.9 Å². The van der Waals surface area contributed by atoms with Gasteiger partial charge in [-0.05, 0) is 54.0 Å². The molecule has 2 heterocycles. The van der Waals surface area contributed by atoms with Crippen LogP contribution in [0.5, 0.6) is 0 Å². The monoisotopic (exact) mass is 258 g/mol. The molecule has 1 saturated heterocycles. The van der Waals surface area contributed by atoms with Gasteiger partial charge in [-0.25, -0.2) is 9.37 Å². The Morgan fingerprint density at radius 2 is 2.07 bits per heavy atom. The van der Waals surface area contributed by atoms with Crippen LogP contribution in [0.1, 0.15) is 24.5 Å². The number of aromatic nitrogens is 1. The molecule has 0 unspecified atom stereocenters. The highest BCUT2D eigenvalue weighted by atomic mass is 79.9. The van der Waals surface area contributed by atoms with Gasteiger partial charge < -0.3 is 5.32 Å². The van der Waals surface area contributed by atoms with E-state index < -0.39 is 0 Å². The van der Waals surface area contributed by atoms with Gasteiger partial charge in [-0.1, -0.05) is 0 Å². The third kappa shape index (κ3) is 2.12. The summed E-state index contributed by atoms with van der Waals surface area (Å²) in [7, 11) is 0. The molecule has 0 aromatic carbocycles. The normalized spacial score (nSPS) is 18.4. The summed E-state index contributed by atoms with van der Waals surface area (Å²) < 4.78 is 14.2. The molecule has 0 amide bonds. The Bertz CT molecular complexity index is 324. The molecule has 1 aliphatic heterocycles. The van der Waals surface area contributed by atoms with Crippen molar-refractivity contribution in [1.82, 2.24) is 10.3 Å². The standard InChI is InChI=1S/C10H12BrFN2/c11-9-2-1-8(12)10(14-9)7-3-5-13-6-4-7/h1-2,7,13H,3-6H2. The molecule has 0 bridgehead atoms. The van der Waals surface area contributed by atoms with Gasteiger partial charge in [0.2, 0.25) is 0 Å². The lowest BCUT2D eigenvalue weighted by atomic mass is 9.94. The third-order valence-corrected chi connectivity index (χ3v) is 3.01. The number of halogens is 2. The lowest BCUT2D eigenvalue weighted by Crippen LogP contribution is -2.27. The number of hydrogen-bond donors (Lipinski definition) is 1. The lowest BCUT2D eigenvalue weighted by Gasteiger charge is -2.22. The minimum Gasteiger partial charge on any atom is -0.317 e. The molecule has 0 aliphatic carbocycles. The van der Waals surface area contributed by atoms with Crippen LogP contribution < -0.4 is 5.32 Å². The highest BCUT2D eigenvalue weighted by Crippen LogP contribution is 2.26. The van der Waals surface area contributed by atoms with Crippen molar-refractivity contribution in [2.75, 3.05) is 13.1 Å². The molecule has 0 atom stereocenters. The van der Waals surface area contributed by atoms with Crippen LogP contribution in [0.2, 0.25) is 0 Å². The molecule has 14 heavy (non-hydrogen) atoms. The van der Waals surface area contributed by atoms with E-state index in [2.05, 4.69) is 26.2 Å². The number of piperidine rings is 1. The lowest BCUT2D eigenvalue weighted by molar-refractivity contribution is 0.435. The Morgan fingerprint density at radius 3 is 2.79 bits per heavy atom. The van der Waals surface area contributed by atoms with Crippen LogP contribution in [0.15, 0.2) is 16.7 Å². The number of nitrogens with one attached hydrogen (secondary N) is 1. The predicted molar refractivity (Wildman–Crippen MR) is 56.7 cm³/mol. The Labute approximate surface area is 91.1 Å². The van der Waals surface area contributed by atoms with Gasteiger partial charge >= 0.3 is 0 Å². The van der Waals surface area contributed by atoms with Gasteiger partial charge in [-0.15, -0.1) is 0 Å². The summed E-state index contributed by atoms with van der Waals surface area (Å²) in [5.41, 5.74) is 0.612. The summed E-state index contributed by atoms with van der Waals surface area (Å²) in [5, 5.41) is 3.26. The Morgan fingerprint density at radius 1 is 1.36 bits per heavy atom. The zero-order chi connectivity index (χ0) is 9.97. The molecule has 1 aromatic rings. The van der Waals surface area contributed by atoms with Crippen LogP contribution in [0.25, 0.3) is 0 Å². The van der Waals surface area contributed by atoms with E-state index in [9.17, 15) is 4.39 Å². The fourth-order valence-electron chi connectivity index (χ4n) is 1.81. The summed E-state index contributed by atoms with van der Waals surface area (Å²) in [4.78, 5) is 4.21. The summed E-state index contributed by atoms with van der Waals surface area (Å²) in [6.07, 6.45) is 1.95. The van der Waals surface area contributed by atoms with Crippen molar-refractivity contribution in [2.45, 2.75) is 18.8 Å². The van der Waals surface area contributed by atoms with E-state index in [4.69, 9.17) is 0 Å². The van der Waals surface area contributed by atoms with Crippen LogP contribution in [0.4, 0.5) is 4.39 Å². The van der Waals surface area contributed by atoms with Crippen LogP contribution >= 0.6 is 15.9 Å². The fraction of sp³-hybridized carbons (Fsp3) is 0.500. The van der Waals surface area contributed by atoms with E-state index >= 15 is 0 Å².